The molecule has 0 N–H and O–H groups in total. The first-order valence-electron chi connectivity index (χ1n) is 14.7. The van der Waals surface area contributed by atoms with Crippen molar-refractivity contribution in [2.75, 3.05) is 7.11 Å². The van der Waals surface area contributed by atoms with Gasteiger partial charge >= 0.3 is 5.97 Å². The Morgan fingerprint density at radius 2 is 1.78 bits per heavy atom. The van der Waals surface area contributed by atoms with Crippen molar-refractivity contribution in [1.29, 1.82) is 0 Å². The largest absolute Gasteiger partial charge is 0.466 e. The molecule has 0 aliphatic carbocycles. The van der Waals surface area contributed by atoms with Crippen molar-refractivity contribution in [3.8, 4) is 0 Å². The number of methoxy groups -OCH3 is 1. The van der Waals surface area contributed by atoms with E-state index in [1.807, 2.05) is 42.5 Å². The number of halogens is 2. The van der Waals surface area contributed by atoms with Crippen molar-refractivity contribution >= 4 is 57.5 Å². The highest BCUT2D eigenvalue weighted by atomic mass is 35.5. The number of carbonyl (C=O) groups excluding carboxylic acids is 1. The van der Waals surface area contributed by atoms with Crippen molar-refractivity contribution in [3.63, 3.8) is 0 Å². The lowest BCUT2D eigenvalue weighted by Gasteiger charge is -2.24. The molecule has 0 saturated heterocycles. The minimum Gasteiger partial charge on any atom is -0.466 e. The number of hydrogen-bond acceptors (Lipinski definition) is 5. The van der Waals surface area contributed by atoms with Crippen molar-refractivity contribution in [1.82, 2.24) is 9.13 Å². The average molecular weight is 659 g/mol. The number of fused-ring (bicyclic) bond motifs is 2. The number of thiazole rings is 1. The standard InChI is InChI=1S/C36H33Cl2N3O3S/c1-19(2)23-8-10-24(11-9-23)33-32(35(43)44-6)21(4)39-36-41(33)34(42)31(45-36)17-27-22(5)40(30-14-7-20(3)15-28(27)30)18-25-12-13-26(37)16-29(25)38/h7-17,19,33H,18H2,1-6H3/b31-17-/t33-/m0/s1. The van der Waals surface area contributed by atoms with Crippen LogP contribution in [0.25, 0.3) is 17.0 Å². The first-order chi connectivity index (χ1) is 21.5. The fraction of sp³-hybridized carbons (Fsp3) is 0.250. The van der Waals surface area contributed by atoms with Crippen LogP contribution >= 0.6 is 34.5 Å². The number of benzene rings is 3. The number of ether oxygens (including phenoxy) is 1. The summed E-state index contributed by atoms with van der Waals surface area (Å²) in [6.07, 6.45) is 1.96. The quantitative estimate of drug-likeness (QED) is 0.178. The van der Waals surface area contributed by atoms with Crippen LogP contribution in [0.5, 0.6) is 0 Å². The van der Waals surface area contributed by atoms with Gasteiger partial charge in [-0.2, -0.15) is 0 Å². The monoisotopic (exact) mass is 657 g/mol. The van der Waals surface area contributed by atoms with Crippen LogP contribution < -0.4 is 14.9 Å². The normalized spacial score (nSPS) is 15.1. The molecule has 6 rings (SSSR count). The highest BCUT2D eigenvalue weighted by Crippen LogP contribution is 2.33. The van der Waals surface area contributed by atoms with Gasteiger partial charge in [0, 0.05) is 38.8 Å². The van der Waals surface area contributed by atoms with Gasteiger partial charge in [-0.05, 0) is 73.7 Å². The molecule has 0 bridgehead atoms. The van der Waals surface area contributed by atoms with Crippen molar-refractivity contribution in [2.45, 2.75) is 53.1 Å². The number of rotatable bonds is 6. The van der Waals surface area contributed by atoms with Gasteiger partial charge in [0.1, 0.15) is 0 Å². The number of esters is 1. The summed E-state index contributed by atoms with van der Waals surface area (Å²) >= 11 is 14.1. The zero-order valence-corrected chi connectivity index (χ0v) is 28.3. The maximum Gasteiger partial charge on any atom is 0.338 e. The molecule has 1 aliphatic heterocycles. The predicted molar refractivity (Wildman–Crippen MR) is 183 cm³/mol. The summed E-state index contributed by atoms with van der Waals surface area (Å²) in [5, 5.41) is 2.23. The zero-order chi connectivity index (χ0) is 32.2. The van der Waals surface area contributed by atoms with Gasteiger partial charge in [-0.25, -0.2) is 9.79 Å². The lowest BCUT2D eigenvalue weighted by Crippen LogP contribution is -2.39. The number of aromatic nitrogens is 2. The van der Waals surface area contributed by atoms with Crippen LogP contribution in [0, 0.1) is 13.8 Å². The number of carbonyl (C=O) groups is 1. The Balaban J connectivity index is 1.55. The molecule has 5 aromatic rings. The average Bonchev–Trinajstić information content (AvgIpc) is 3.45. The third kappa shape index (κ3) is 5.58. The van der Waals surface area contributed by atoms with E-state index in [0.717, 1.165) is 38.9 Å². The molecule has 1 atom stereocenters. The smallest absolute Gasteiger partial charge is 0.338 e. The van der Waals surface area contributed by atoms with Crippen LogP contribution in [-0.4, -0.2) is 22.2 Å². The Morgan fingerprint density at radius 3 is 2.44 bits per heavy atom. The molecule has 9 heteroatoms. The first kappa shape index (κ1) is 31.1. The Labute approximate surface area is 275 Å². The minimum absolute atomic E-state index is 0.209. The molecule has 6 nitrogen and oxygen atoms in total. The van der Waals surface area contributed by atoms with E-state index in [-0.39, 0.29) is 5.56 Å². The molecule has 2 aromatic heterocycles. The van der Waals surface area contributed by atoms with Gasteiger partial charge in [0.05, 0.1) is 29.0 Å². The maximum atomic E-state index is 14.3. The Morgan fingerprint density at radius 1 is 1.04 bits per heavy atom. The SMILES string of the molecule is COC(=O)C1=C(C)N=c2s/c(=C\c3c(C)n(Cc4ccc(Cl)cc4Cl)c4ccc(C)cc34)c(=O)n2[C@H]1c1ccc(C(C)C)cc1. The summed E-state index contributed by atoms with van der Waals surface area (Å²) in [5.41, 5.74) is 7.73. The molecule has 0 amide bonds. The topological polar surface area (TPSA) is 65.6 Å². The van der Waals surface area contributed by atoms with Crippen LogP contribution in [0.3, 0.4) is 0 Å². The second-order valence-corrected chi connectivity index (χ2v) is 13.6. The Bertz CT molecular complexity index is 2200. The highest BCUT2D eigenvalue weighted by Gasteiger charge is 2.33. The number of hydrogen-bond donors (Lipinski definition) is 0. The van der Waals surface area contributed by atoms with E-state index >= 15 is 0 Å². The van der Waals surface area contributed by atoms with Gasteiger partial charge in [-0.1, -0.05) is 90.3 Å². The molecule has 3 heterocycles. The molecular weight excluding hydrogens is 625 g/mol. The molecule has 0 fully saturated rings. The van der Waals surface area contributed by atoms with E-state index in [0.29, 0.717) is 43.1 Å². The maximum absolute atomic E-state index is 14.3. The molecule has 1 aliphatic rings. The molecule has 230 valence electrons. The number of nitrogens with zero attached hydrogens (tertiary/aromatic N) is 3. The molecule has 0 unspecified atom stereocenters. The summed E-state index contributed by atoms with van der Waals surface area (Å²) in [6.45, 7) is 10.7. The third-order valence-electron chi connectivity index (χ3n) is 8.49. The second-order valence-electron chi connectivity index (χ2n) is 11.7. The third-order valence-corrected chi connectivity index (χ3v) is 10.1. The van der Waals surface area contributed by atoms with Gasteiger partial charge < -0.3 is 9.30 Å². The van der Waals surface area contributed by atoms with Crippen molar-refractivity contribution in [2.24, 2.45) is 4.99 Å². The van der Waals surface area contributed by atoms with Gasteiger partial charge in [0.15, 0.2) is 4.80 Å². The molecular formula is C36H33Cl2N3O3S. The van der Waals surface area contributed by atoms with Crippen LogP contribution in [0.4, 0.5) is 0 Å². The van der Waals surface area contributed by atoms with E-state index in [2.05, 4.69) is 50.5 Å². The first-order valence-corrected chi connectivity index (χ1v) is 16.3. The van der Waals surface area contributed by atoms with Crippen molar-refractivity contribution < 1.29 is 9.53 Å². The van der Waals surface area contributed by atoms with E-state index < -0.39 is 12.0 Å². The van der Waals surface area contributed by atoms with Crippen LogP contribution in [-0.2, 0) is 16.1 Å². The summed E-state index contributed by atoms with van der Waals surface area (Å²) in [7, 11) is 1.35. The van der Waals surface area contributed by atoms with Gasteiger partial charge in [0.2, 0.25) is 0 Å². The summed E-state index contributed by atoms with van der Waals surface area (Å²) in [5.74, 6) is -0.151. The fourth-order valence-corrected chi connectivity index (χ4v) is 7.53. The molecule has 3 aromatic carbocycles. The van der Waals surface area contributed by atoms with Crippen LogP contribution in [0.1, 0.15) is 66.2 Å². The molecule has 0 saturated carbocycles. The van der Waals surface area contributed by atoms with E-state index in [9.17, 15) is 9.59 Å². The van der Waals surface area contributed by atoms with Crippen molar-refractivity contribution in [3.05, 3.63) is 135 Å². The molecule has 0 spiro atoms. The van der Waals surface area contributed by atoms with E-state index in [1.165, 1.54) is 24.0 Å². The summed E-state index contributed by atoms with van der Waals surface area (Å²) < 4.78 is 9.55. The number of allylic oxidation sites excluding steroid dienone is 1. The lowest BCUT2D eigenvalue weighted by atomic mass is 9.93. The number of aryl methyl sites for hydroxylation is 1. The lowest BCUT2D eigenvalue weighted by molar-refractivity contribution is -0.136. The summed E-state index contributed by atoms with van der Waals surface area (Å²) in [4.78, 5) is 32.7. The fourth-order valence-electron chi connectivity index (χ4n) is 6.03. The summed E-state index contributed by atoms with van der Waals surface area (Å²) in [6, 6.07) is 19.3. The Hall–Kier alpha value is -3.91. The van der Waals surface area contributed by atoms with E-state index in [4.69, 9.17) is 32.9 Å². The van der Waals surface area contributed by atoms with Gasteiger partial charge in [0.25, 0.3) is 5.56 Å². The highest BCUT2D eigenvalue weighted by molar-refractivity contribution is 7.07. The molecule has 0 radical (unpaired) electrons. The van der Waals surface area contributed by atoms with Crippen LogP contribution in [0.15, 0.2) is 81.7 Å². The van der Waals surface area contributed by atoms with Crippen LogP contribution in [0.2, 0.25) is 10.0 Å². The van der Waals surface area contributed by atoms with Gasteiger partial charge in [-0.15, -0.1) is 0 Å². The van der Waals surface area contributed by atoms with E-state index in [1.54, 1.807) is 17.6 Å². The van der Waals surface area contributed by atoms with Gasteiger partial charge in [-0.3, -0.25) is 9.36 Å². The second kappa shape index (κ2) is 12.1. The Kier molecular flexibility index (Phi) is 8.37. The predicted octanol–water partition coefficient (Wildman–Crippen LogP) is 7.46. The molecule has 45 heavy (non-hydrogen) atoms. The minimum atomic E-state index is -0.659. The zero-order valence-electron chi connectivity index (χ0n) is 25.9.